The summed E-state index contributed by atoms with van der Waals surface area (Å²) in [6, 6.07) is 0. The van der Waals surface area contributed by atoms with Crippen LogP contribution in [0, 0.1) is 0 Å². The van der Waals surface area contributed by atoms with Gasteiger partial charge >= 0.3 is 5.69 Å². The second kappa shape index (κ2) is 6.47. The molecule has 1 aromatic heterocycles. The number of nitrogens with one attached hydrogen (secondary N) is 2. The molecule has 0 saturated carbocycles. The molecule has 2 heterocycles. The van der Waals surface area contributed by atoms with Crippen LogP contribution in [0.1, 0.15) is 11.7 Å². The van der Waals surface area contributed by atoms with Crippen LogP contribution in [-0.2, 0) is 4.74 Å². The van der Waals surface area contributed by atoms with Gasteiger partial charge in [0.15, 0.2) is 0 Å². The first-order chi connectivity index (χ1) is 9.99. The summed E-state index contributed by atoms with van der Waals surface area (Å²) in [7, 11) is 0. The van der Waals surface area contributed by atoms with Crippen molar-refractivity contribution in [2.45, 2.75) is 30.5 Å². The maximum absolute atomic E-state index is 11.2. The minimum atomic E-state index is -1.55. The molecule has 1 aromatic rings. The van der Waals surface area contributed by atoms with Crippen LogP contribution < -0.4 is 11.0 Å². The summed E-state index contributed by atoms with van der Waals surface area (Å²) < 4.78 is 5.35. The second-order valence-corrected chi connectivity index (χ2v) is 4.59. The predicted octanol–water partition coefficient (Wildman–Crippen LogP) is -3.35. The van der Waals surface area contributed by atoms with Crippen LogP contribution in [0.5, 0.6) is 0 Å². The zero-order valence-electron chi connectivity index (χ0n) is 10.9. The van der Waals surface area contributed by atoms with E-state index in [2.05, 4.69) is 15.3 Å². The topological polar surface area (TPSA) is 168 Å². The third-order valence-electron chi connectivity index (χ3n) is 3.28. The molecule has 1 unspecified atom stereocenters. The fourth-order valence-corrected chi connectivity index (χ4v) is 2.20. The molecule has 10 nitrogen and oxygen atoms in total. The van der Waals surface area contributed by atoms with Gasteiger partial charge in [0.2, 0.25) is 0 Å². The zero-order chi connectivity index (χ0) is 15.6. The predicted molar refractivity (Wildman–Crippen MR) is 68.3 cm³/mol. The first kappa shape index (κ1) is 15.8. The number of ether oxygens (including phenoxy) is 1. The van der Waals surface area contributed by atoms with Crippen LogP contribution in [0.15, 0.2) is 11.0 Å². The van der Waals surface area contributed by atoms with Gasteiger partial charge in [0, 0.05) is 11.8 Å². The minimum Gasteiger partial charge on any atom is -0.394 e. The Morgan fingerprint density at radius 3 is 2.57 bits per heavy atom. The van der Waals surface area contributed by atoms with Gasteiger partial charge in [-0.3, -0.25) is 0 Å². The summed E-state index contributed by atoms with van der Waals surface area (Å²) in [5.74, 6) is -0.0365. The third-order valence-corrected chi connectivity index (χ3v) is 3.28. The van der Waals surface area contributed by atoms with E-state index in [1.165, 1.54) is 6.20 Å². The second-order valence-electron chi connectivity index (χ2n) is 4.59. The van der Waals surface area contributed by atoms with Gasteiger partial charge in [-0.15, -0.1) is 0 Å². The van der Waals surface area contributed by atoms with Crippen LogP contribution in [0.3, 0.4) is 0 Å². The summed E-state index contributed by atoms with van der Waals surface area (Å²) in [5, 5.41) is 49.9. The summed E-state index contributed by atoms with van der Waals surface area (Å²) in [6.07, 6.45) is -5.56. The molecule has 0 spiro atoms. The van der Waals surface area contributed by atoms with Crippen molar-refractivity contribution in [2.24, 2.45) is 0 Å². The number of aliphatic hydroxyl groups is 5. The van der Waals surface area contributed by atoms with Crippen molar-refractivity contribution in [3.8, 4) is 0 Å². The van der Waals surface area contributed by atoms with Gasteiger partial charge in [-0.25, -0.2) is 4.79 Å². The van der Waals surface area contributed by atoms with Gasteiger partial charge in [0.1, 0.15) is 43.1 Å². The van der Waals surface area contributed by atoms with Crippen molar-refractivity contribution < 1.29 is 30.3 Å². The molecule has 1 aliphatic heterocycles. The number of anilines is 1. The highest BCUT2D eigenvalue weighted by molar-refractivity contribution is 5.44. The Bertz CT molecular complexity index is 535. The van der Waals surface area contributed by atoms with Crippen molar-refractivity contribution >= 4 is 5.82 Å². The van der Waals surface area contributed by atoms with Gasteiger partial charge in [0.05, 0.1) is 6.61 Å². The Labute approximate surface area is 118 Å². The van der Waals surface area contributed by atoms with Crippen molar-refractivity contribution in [3.63, 3.8) is 0 Å². The number of aromatic amines is 1. The molecule has 0 aliphatic carbocycles. The average molecular weight is 303 g/mol. The Kier molecular flexibility index (Phi) is 4.88. The molecule has 10 heteroatoms. The lowest BCUT2D eigenvalue weighted by molar-refractivity contribution is -0.231. The quantitative estimate of drug-likeness (QED) is 0.281. The molecule has 0 aromatic carbocycles. The van der Waals surface area contributed by atoms with Crippen LogP contribution in [0.25, 0.3) is 0 Å². The van der Waals surface area contributed by atoms with Crippen LogP contribution in [-0.4, -0.2) is 73.3 Å². The van der Waals surface area contributed by atoms with E-state index in [1.807, 2.05) is 0 Å². The first-order valence-electron chi connectivity index (χ1n) is 6.24. The number of aromatic nitrogens is 2. The molecular formula is C11H17N3O7. The first-order valence-corrected chi connectivity index (χ1v) is 6.24. The van der Waals surface area contributed by atoms with Crippen LogP contribution >= 0.6 is 0 Å². The largest absolute Gasteiger partial charge is 0.394 e. The highest BCUT2D eigenvalue weighted by Gasteiger charge is 2.44. The van der Waals surface area contributed by atoms with E-state index in [9.17, 15) is 20.1 Å². The van der Waals surface area contributed by atoms with E-state index in [0.29, 0.717) is 0 Å². The van der Waals surface area contributed by atoms with Crippen molar-refractivity contribution in [1.29, 1.82) is 0 Å². The van der Waals surface area contributed by atoms with E-state index in [0.717, 1.165) is 0 Å². The SMILES string of the molecule is O=c1nc(NCO)c(C2O[C@H](CO)[C@@H](O)[C@H](O)[C@H]2O)c[nH]1. The lowest BCUT2D eigenvalue weighted by Crippen LogP contribution is -2.55. The minimum absolute atomic E-state index is 0.0365. The smallest absolute Gasteiger partial charge is 0.346 e. The van der Waals surface area contributed by atoms with Gasteiger partial charge in [-0.05, 0) is 0 Å². The lowest BCUT2D eigenvalue weighted by Gasteiger charge is -2.40. The Balaban J connectivity index is 2.37. The lowest BCUT2D eigenvalue weighted by atomic mass is 9.92. The van der Waals surface area contributed by atoms with E-state index in [-0.39, 0.29) is 11.4 Å². The Morgan fingerprint density at radius 1 is 1.24 bits per heavy atom. The standard InChI is InChI=1S/C11H17N3O7/c15-2-5-6(17)7(18)8(19)9(21-5)4-1-12-11(20)14-10(4)13-3-16/h1,5-9,15-19H,2-3H2,(H2,12,13,14,20)/t5-,6-,7+,8-,9?/m1/s1. The van der Waals surface area contributed by atoms with Gasteiger partial charge in [-0.1, -0.05) is 0 Å². The van der Waals surface area contributed by atoms with Crippen LogP contribution in [0.4, 0.5) is 5.82 Å². The number of aliphatic hydroxyl groups excluding tert-OH is 5. The molecular weight excluding hydrogens is 286 g/mol. The zero-order valence-corrected chi connectivity index (χ0v) is 10.9. The highest BCUT2D eigenvalue weighted by Crippen LogP contribution is 2.34. The molecule has 0 bridgehead atoms. The summed E-state index contributed by atoms with van der Waals surface area (Å²) in [5.41, 5.74) is -0.514. The summed E-state index contributed by atoms with van der Waals surface area (Å²) in [6.45, 7) is -1.08. The molecule has 2 rings (SSSR count). The van der Waals surface area contributed by atoms with E-state index < -0.39 is 49.5 Å². The van der Waals surface area contributed by atoms with Gasteiger partial charge < -0.3 is 40.6 Å². The number of hydrogen-bond acceptors (Lipinski definition) is 9. The molecule has 118 valence electrons. The van der Waals surface area contributed by atoms with Gasteiger partial charge in [-0.2, -0.15) is 4.98 Å². The molecule has 1 saturated heterocycles. The number of hydrogen-bond donors (Lipinski definition) is 7. The molecule has 7 N–H and O–H groups in total. The maximum Gasteiger partial charge on any atom is 0.346 e. The normalized spacial score (nSPS) is 32.9. The number of H-pyrrole nitrogens is 1. The van der Waals surface area contributed by atoms with Crippen molar-refractivity contribution in [2.75, 3.05) is 18.7 Å². The van der Waals surface area contributed by atoms with Crippen LogP contribution in [0.2, 0.25) is 0 Å². The average Bonchev–Trinajstić information content (AvgIpc) is 2.47. The van der Waals surface area contributed by atoms with Gasteiger partial charge in [0.25, 0.3) is 0 Å². The maximum atomic E-state index is 11.2. The molecule has 21 heavy (non-hydrogen) atoms. The molecule has 1 fully saturated rings. The van der Waals surface area contributed by atoms with E-state index in [1.54, 1.807) is 0 Å². The number of rotatable bonds is 4. The third kappa shape index (κ3) is 3.05. The number of nitrogens with zero attached hydrogens (tertiary/aromatic N) is 1. The van der Waals surface area contributed by atoms with E-state index >= 15 is 0 Å². The Morgan fingerprint density at radius 2 is 1.95 bits per heavy atom. The Hall–Kier alpha value is -1.56. The summed E-state index contributed by atoms with van der Waals surface area (Å²) >= 11 is 0. The van der Waals surface area contributed by atoms with Crippen molar-refractivity contribution in [1.82, 2.24) is 9.97 Å². The highest BCUT2D eigenvalue weighted by atomic mass is 16.5. The molecule has 0 radical (unpaired) electrons. The van der Waals surface area contributed by atoms with Crippen molar-refractivity contribution in [3.05, 3.63) is 22.2 Å². The fourth-order valence-electron chi connectivity index (χ4n) is 2.20. The fraction of sp³-hybridized carbons (Fsp3) is 0.636. The molecule has 1 aliphatic rings. The summed E-state index contributed by atoms with van der Waals surface area (Å²) in [4.78, 5) is 17.1. The molecule has 0 amide bonds. The molecule has 5 atom stereocenters. The van der Waals surface area contributed by atoms with E-state index in [4.69, 9.17) is 14.9 Å². The monoisotopic (exact) mass is 303 g/mol.